The Morgan fingerprint density at radius 1 is 1.10 bits per heavy atom. The lowest BCUT2D eigenvalue weighted by Crippen LogP contribution is -2.35. The number of anilines is 2. The van der Waals surface area contributed by atoms with Gasteiger partial charge in [-0.05, 0) is 6.42 Å². The molecule has 3 aromatic rings. The SMILES string of the molecule is CCCCCCN(C(=O)COC(=O)c1nccnc1N)c1nc(-c2ccccc2)cs1. The molecule has 0 saturated carbocycles. The van der Waals surface area contributed by atoms with Gasteiger partial charge in [-0.25, -0.2) is 19.7 Å². The minimum atomic E-state index is -0.783. The maximum absolute atomic E-state index is 12.9. The molecule has 0 spiro atoms. The van der Waals surface area contributed by atoms with Crippen LogP contribution in [0.15, 0.2) is 48.1 Å². The van der Waals surface area contributed by atoms with Crippen LogP contribution in [-0.4, -0.2) is 40.0 Å². The van der Waals surface area contributed by atoms with Crippen molar-refractivity contribution in [2.75, 3.05) is 23.8 Å². The Morgan fingerprint density at radius 3 is 2.61 bits per heavy atom. The topological polar surface area (TPSA) is 111 Å². The molecule has 0 atom stereocenters. The number of benzene rings is 1. The number of nitrogen functional groups attached to an aromatic ring is 1. The van der Waals surface area contributed by atoms with Gasteiger partial charge in [0, 0.05) is 29.9 Å². The average Bonchev–Trinajstić information content (AvgIpc) is 3.28. The Labute approximate surface area is 185 Å². The summed E-state index contributed by atoms with van der Waals surface area (Å²) < 4.78 is 5.16. The molecule has 2 aromatic heterocycles. The number of hydrogen-bond donors (Lipinski definition) is 1. The van der Waals surface area contributed by atoms with Crippen molar-refractivity contribution >= 4 is 34.2 Å². The van der Waals surface area contributed by atoms with Crippen LogP contribution in [0.25, 0.3) is 11.3 Å². The van der Waals surface area contributed by atoms with Crippen molar-refractivity contribution in [3.63, 3.8) is 0 Å². The summed E-state index contributed by atoms with van der Waals surface area (Å²) in [6.45, 7) is 2.21. The number of ether oxygens (including phenoxy) is 1. The predicted molar refractivity (Wildman–Crippen MR) is 121 cm³/mol. The third-order valence-corrected chi connectivity index (χ3v) is 5.44. The lowest BCUT2D eigenvalue weighted by molar-refractivity contribution is -0.121. The molecular weight excluding hydrogens is 414 g/mol. The molecule has 162 valence electrons. The Balaban J connectivity index is 1.70. The number of unbranched alkanes of at least 4 members (excludes halogenated alkanes) is 3. The highest BCUT2D eigenvalue weighted by Crippen LogP contribution is 2.28. The first kappa shape index (κ1) is 22.4. The van der Waals surface area contributed by atoms with Crippen molar-refractivity contribution in [3.8, 4) is 11.3 Å². The summed E-state index contributed by atoms with van der Waals surface area (Å²) in [6, 6.07) is 9.77. The first-order valence-electron chi connectivity index (χ1n) is 10.1. The van der Waals surface area contributed by atoms with Gasteiger partial charge in [0.15, 0.2) is 23.3 Å². The van der Waals surface area contributed by atoms with Crippen LogP contribution in [0.4, 0.5) is 10.9 Å². The van der Waals surface area contributed by atoms with Gasteiger partial charge in [0.25, 0.3) is 5.91 Å². The van der Waals surface area contributed by atoms with Crippen molar-refractivity contribution in [1.82, 2.24) is 15.0 Å². The molecule has 0 fully saturated rings. The van der Waals surface area contributed by atoms with Gasteiger partial charge in [-0.15, -0.1) is 11.3 Å². The van der Waals surface area contributed by atoms with Crippen molar-refractivity contribution in [3.05, 3.63) is 53.8 Å². The van der Waals surface area contributed by atoms with Gasteiger partial charge in [0.2, 0.25) is 0 Å². The quantitative estimate of drug-likeness (QED) is 0.376. The monoisotopic (exact) mass is 439 g/mol. The van der Waals surface area contributed by atoms with E-state index in [2.05, 4.69) is 21.9 Å². The highest BCUT2D eigenvalue weighted by Gasteiger charge is 2.22. The van der Waals surface area contributed by atoms with Crippen LogP contribution in [0.3, 0.4) is 0 Å². The smallest absolute Gasteiger partial charge is 0.361 e. The van der Waals surface area contributed by atoms with Gasteiger partial charge in [0.05, 0.1) is 5.69 Å². The number of thiazole rings is 1. The van der Waals surface area contributed by atoms with Crippen molar-refractivity contribution in [2.24, 2.45) is 0 Å². The summed E-state index contributed by atoms with van der Waals surface area (Å²) in [5.41, 5.74) is 7.33. The average molecular weight is 440 g/mol. The molecule has 0 unspecified atom stereocenters. The van der Waals surface area contributed by atoms with Gasteiger partial charge < -0.3 is 10.5 Å². The van der Waals surface area contributed by atoms with Crippen LogP contribution in [0, 0.1) is 0 Å². The fourth-order valence-corrected chi connectivity index (χ4v) is 3.81. The fourth-order valence-electron chi connectivity index (χ4n) is 2.93. The zero-order chi connectivity index (χ0) is 22.1. The maximum atomic E-state index is 12.9. The summed E-state index contributed by atoms with van der Waals surface area (Å²) in [6.07, 6.45) is 6.76. The standard InChI is InChI=1S/C22H25N5O3S/c1-2-3-4-8-13-27(22-26-17(15-31-22)16-9-6-5-7-10-16)18(28)14-30-21(29)19-20(23)25-12-11-24-19/h5-7,9-12,15H,2-4,8,13-14H2,1H3,(H2,23,25). The van der Waals surface area contributed by atoms with E-state index in [4.69, 9.17) is 10.5 Å². The molecule has 0 aliphatic carbocycles. The first-order valence-corrected chi connectivity index (χ1v) is 11.0. The van der Waals surface area contributed by atoms with Crippen molar-refractivity contribution in [2.45, 2.75) is 32.6 Å². The minimum absolute atomic E-state index is 0.0382. The number of esters is 1. The van der Waals surface area contributed by atoms with E-state index < -0.39 is 12.6 Å². The molecule has 1 aromatic carbocycles. The largest absolute Gasteiger partial charge is 0.451 e. The van der Waals surface area contributed by atoms with E-state index in [1.54, 1.807) is 4.90 Å². The van der Waals surface area contributed by atoms with Crippen LogP contribution < -0.4 is 10.6 Å². The zero-order valence-electron chi connectivity index (χ0n) is 17.4. The normalized spacial score (nSPS) is 10.6. The minimum Gasteiger partial charge on any atom is -0.451 e. The molecule has 0 radical (unpaired) electrons. The Hall–Kier alpha value is -3.33. The molecule has 8 nitrogen and oxygen atoms in total. The lowest BCUT2D eigenvalue weighted by Gasteiger charge is -2.19. The van der Waals surface area contributed by atoms with Crippen LogP contribution in [0.2, 0.25) is 0 Å². The lowest BCUT2D eigenvalue weighted by atomic mass is 10.2. The third kappa shape index (κ3) is 6.08. The molecule has 0 bridgehead atoms. The number of aromatic nitrogens is 3. The summed E-state index contributed by atoms with van der Waals surface area (Å²) >= 11 is 1.39. The Morgan fingerprint density at radius 2 is 1.87 bits per heavy atom. The van der Waals surface area contributed by atoms with Crippen LogP contribution in [0.5, 0.6) is 0 Å². The second kappa shape index (κ2) is 11.2. The second-order valence-electron chi connectivity index (χ2n) is 6.85. The van der Waals surface area contributed by atoms with Gasteiger partial charge >= 0.3 is 5.97 Å². The van der Waals surface area contributed by atoms with Gasteiger partial charge in [-0.1, -0.05) is 56.5 Å². The molecule has 9 heteroatoms. The number of amides is 1. The van der Waals surface area contributed by atoms with E-state index in [1.807, 2.05) is 35.7 Å². The summed E-state index contributed by atoms with van der Waals surface area (Å²) in [5, 5.41) is 2.50. The summed E-state index contributed by atoms with van der Waals surface area (Å²) in [7, 11) is 0. The number of rotatable bonds is 10. The molecule has 1 amide bonds. The van der Waals surface area contributed by atoms with E-state index in [0.29, 0.717) is 11.7 Å². The second-order valence-corrected chi connectivity index (χ2v) is 7.69. The van der Waals surface area contributed by atoms with E-state index in [9.17, 15) is 9.59 Å². The van der Waals surface area contributed by atoms with Gasteiger partial charge in [0.1, 0.15) is 0 Å². The summed E-state index contributed by atoms with van der Waals surface area (Å²) in [5.74, 6) is -1.17. The molecule has 2 heterocycles. The summed E-state index contributed by atoms with van der Waals surface area (Å²) in [4.78, 5) is 39.1. The molecule has 0 aliphatic heterocycles. The van der Waals surface area contributed by atoms with Crippen molar-refractivity contribution < 1.29 is 14.3 Å². The van der Waals surface area contributed by atoms with E-state index in [-0.39, 0.29) is 17.4 Å². The number of nitrogens with two attached hydrogens (primary N) is 1. The molecular formula is C22H25N5O3S. The zero-order valence-corrected chi connectivity index (χ0v) is 18.2. The van der Waals surface area contributed by atoms with Gasteiger partial charge in [-0.2, -0.15) is 0 Å². The van der Waals surface area contributed by atoms with E-state index >= 15 is 0 Å². The predicted octanol–water partition coefficient (Wildman–Crippen LogP) is 3.95. The van der Waals surface area contributed by atoms with Crippen molar-refractivity contribution in [1.29, 1.82) is 0 Å². The number of carbonyl (C=O) groups excluding carboxylic acids is 2. The number of hydrogen-bond acceptors (Lipinski definition) is 8. The Kier molecular flexibility index (Phi) is 8.05. The van der Waals surface area contributed by atoms with Gasteiger partial charge in [-0.3, -0.25) is 9.69 Å². The molecule has 0 saturated heterocycles. The highest BCUT2D eigenvalue weighted by atomic mass is 32.1. The fraction of sp³-hybridized carbons (Fsp3) is 0.318. The molecule has 3 rings (SSSR count). The number of carbonyl (C=O) groups is 2. The van der Waals surface area contributed by atoms with E-state index in [0.717, 1.165) is 36.9 Å². The third-order valence-electron chi connectivity index (χ3n) is 4.58. The molecule has 31 heavy (non-hydrogen) atoms. The maximum Gasteiger partial charge on any atom is 0.361 e. The Bertz CT molecular complexity index is 1010. The first-order chi connectivity index (χ1) is 15.1. The highest BCUT2D eigenvalue weighted by molar-refractivity contribution is 7.14. The van der Waals surface area contributed by atoms with Crippen LogP contribution in [0.1, 0.15) is 43.1 Å². The van der Waals surface area contributed by atoms with Crippen LogP contribution >= 0.6 is 11.3 Å². The van der Waals surface area contributed by atoms with Crippen LogP contribution in [-0.2, 0) is 9.53 Å². The number of nitrogens with zero attached hydrogens (tertiary/aromatic N) is 4. The molecule has 0 aliphatic rings. The van der Waals surface area contributed by atoms with E-state index in [1.165, 1.54) is 23.7 Å². The molecule has 2 N–H and O–H groups in total.